The molecule has 2 rings (SSSR count). The predicted molar refractivity (Wildman–Crippen MR) is 56.2 cm³/mol. The second-order valence-corrected chi connectivity index (χ2v) is 3.45. The van der Waals surface area contributed by atoms with Crippen LogP contribution < -0.4 is 0 Å². The highest BCUT2D eigenvalue weighted by atomic mass is 79.9. The van der Waals surface area contributed by atoms with Gasteiger partial charge in [-0.25, -0.2) is 9.37 Å². The molecule has 1 heterocycles. The molecule has 0 saturated carbocycles. The number of benzene rings is 1. The van der Waals surface area contributed by atoms with E-state index in [2.05, 4.69) is 20.9 Å². The van der Waals surface area contributed by atoms with Crippen LogP contribution in [0.15, 0.2) is 36.9 Å². The molecule has 0 aliphatic rings. The maximum absolute atomic E-state index is 13.5. The van der Waals surface area contributed by atoms with Gasteiger partial charge in [0.15, 0.2) is 0 Å². The second-order valence-electron chi connectivity index (χ2n) is 2.89. The topological polar surface area (TPSA) is 17.8 Å². The summed E-state index contributed by atoms with van der Waals surface area (Å²) >= 11 is 3.28. The van der Waals surface area contributed by atoms with Crippen molar-refractivity contribution in [3.05, 3.63) is 48.3 Å². The number of halogens is 2. The Hall–Kier alpha value is -1.16. The van der Waals surface area contributed by atoms with E-state index in [9.17, 15) is 4.39 Å². The summed E-state index contributed by atoms with van der Waals surface area (Å²) in [4.78, 5) is 3.87. The summed E-state index contributed by atoms with van der Waals surface area (Å²) < 4.78 is 15.2. The number of hydrogen-bond acceptors (Lipinski definition) is 1. The Bertz CT molecular complexity index is 426. The van der Waals surface area contributed by atoms with Crippen LogP contribution in [-0.4, -0.2) is 9.55 Å². The average Bonchev–Trinajstić information content (AvgIpc) is 2.70. The minimum Gasteiger partial charge on any atom is -0.303 e. The minimum atomic E-state index is -0.236. The fraction of sp³-hybridized carbons (Fsp3) is 0.100. The van der Waals surface area contributed by atoms with E-state index in [0.717, 1.165) is 5.56 Å². The van der Waals surface area contributed by atoms with Crippen LogP contribution in [0, 0.1) is 5.82 Å². The third kappa shape index (κ3) is 1.70. The van der Waals surface area contributed by atoms with Gasteiger partial charge in [0, 0.05) is 17.7 Å². The smallest absolute Gasteiger partial charge is 0.147 e. The number of hydrogen-bond donors (Lipinski definition) is 0. The normalized spacial score (nSPS) is 10.4. The van der Waals surface area contributed by atoms with Crippen LogP contribution in [0.5, 0.6) is 0 Å². The Morgan fingerprint density at radius 1 is 1.43 bits per heavy atom. The van der Waals surface area contributed by atoms with Gasteiger partial charge in [0.25, 0.3) is 0 Å². The molecule has 0 unspecified atom stereocenters. The molecule has 0 bridgehead atoms. The van der Waals surface area contributed by atoms with Crippen molar-refractivity contribution in [2.75, 3.05) is 0 Å². The number of rotatable bonds is 2. The number of alkyl halides is 1. The second kappa shape index (κ2) is 3.92. The highest BCUT2D eigenvalue weighted by Crippen LogP contribution is 2.16. The molecule has 1 aromatic carbocycles. The monoisotopic (exact) mass is 254 g/mol. The Labute approximate surface area is 89.5 Å². The van der Waals surface area contributed by atoms with E-state index in [0.29, 0.717) is 11.0 Å². The fourth-order valence-corrected chi connectivity index (χ4v) is 1.59. The molecular weight excluding hydrogens is 247 g/mol. The van der Waals surface area contributed by atoms with E-state index in [1.165, 1.54) is 6.07 Å². The van der Waals surface area contributed by atoms with Crippen molar-refractivity contribution in [3.8, 4) is 5.69 Å². The van der Waals surface area contributed by atoms with Gasteiger partial charge >= 0.3 is 0 Å². The van der Waals surface area contributed by atoms with E-state index in [-0.39, 0.29) is 5.82 Å². The van der Waals surface area contributed by atoms with E-state index < -0.39 is 0 Å². The maximum Gasteiger partial charge on any atom is 0.147 e. The molecule has 0 fully saturated rings. The van der Waals surface area contributed by atoms with Crippen LogP contribution in [-0.2, 0) is 5.33 Å². The molecule has 2 nitrogen and oxygen atoms in total. The molecule has 0 saturated heterocycles. The first kappa shape index (κ1) is 9.40. The zero-order valence-electron chi connectivity index (χ0n) is 7.32. The summed E-state index contributed by atoms with van der Waals surface area (Å²) in [6.07, 6.45) is 4.91. The molecule has 0 N–H and O–H groups in total. The van der Waals surface area contributed by atoms with Crippen molar-refractivity contribution >= 4 is 15.9 Å². The average molecular weight is 255 g/mol. The number of imidazole rings is 1. The minimum absolute atomic E-state index is 0.236. The van der Waals surface area contributed by atoms with E-state index in [4.69, 9.17) is 0 Å². The first-order valence-electron chi connectivity index (χ1n) is 4.14. The molecule has 1 aromatic heterocycles. The van der Waals surface area contributed by atoms with Gasteiger partial charge in [0.2, 0.25) is 0 Å². The van der Waals surface area contributed by atoms with Crippen molar-refractivity contribution in [1.82, 2.24) is 9.55 Å². The van der Waals surface area contributed by atoms with Crippen molar-refractivity contribution in [3.63, 3.8) is 0 Å². The van der Waals surface area contributed by atoms with Gasteiger partial charge in [0.1, 0.15) is 5.82 Å². The van der Waals surface area contributed by atoms with Crippen LogP contribution in [0.2, 0.25) is 0 Å². The summed E-state index contributed by atoms with van der Waals surface area (Å²) in [6, 6.07) is 5.14. The number of nitrogens with zero attached hydrogens (tertiary/aromatic N) is 2. The van der Waals surface area contributed by atoms with E-state index in [1.807, 2.05) is 6.07 Å². The van der Waals surface area contributed by atoms with Crippen molar-refractivity contribution < 1.29 is 4.39 Å². The van der Waals surface area contributed by atoms with Gasteiger partial charge in [-0.3, -0.25) is 0 Å². The van der Waals surface area contributed by atoms with Crippen LogP contribution in [0.25, 0.3) is 5.69 Å². The molecule has 0 radical (unpaired) electrons. The molecule has 0 amide bonds. The summed E-state index contributed by atoms with van der Waals surface area (Å²) in [5.74, 6) is -0.236. The zero-order valence-corrected chi connectivity index (χ0v) is 8.91. The van der Waals surface area contributed by atoms with Crippen LogP contribution >= 0.6 is 15.9 Å². The van der Waals surface area contributed by atoms with Crippen LogP contribution in [0.1, 0.15) is 5.56 Å². The lowest BCUT2D eigenvalue weighted by atomic mass is 10.2. The standard InChI is InChI=1S/C10H8BrFN2/c11-6-8-1-2-10(9(12)5-8)14-4-3-13-7-14/h1-5,7H,6H2. The largest absolute Gasteiger partial charge is 0.303 e. The molecule has 0 spiro atoms. The molecule has 4 heteroatoms. The quantitative estimate of drug-likeness (QED) is 0.754. The Morgan fingerprint density at radius 2 is 2.29 bits per heavy atom. The Morgan fingerprint density at radius 3 is 2.86 bits per heavy atom. The number of aromatic nitrogens is 2. The van der Waals surface area contributed by atoms with Crippen LogP contribution in [0.4, 0.5) is 4.39 Å². The lowest BCUT2D eigenvalue weighted by Gasteiger charge is -2.04. The summed E-state index contributed by atoms with van der Waals surface area (Å²) in [7, 11) is 0. The highest BCUT2D eigenvalue weighted by molar-refractivity contribution is 9.08. The molecule has 0 atom stereocenters. The predicted octanol–water partition coefficient (Wildman–Crippen LogP) is 2.91. The van der Waals surface area contributed by atoms with Gasteiger partial charge in [-0.1, -0.05) is 22.0 Å². The lowest BCUT2D eigenvalue weighted by Crippen LogP contribution is -1.95. The van der Waals surface area contributed by atoms with Gasteiger partial charge in [-0.2, -0.15) is 0 Å². The van der Waals surface area contributed by atoms with Gasteiger partial charge in [0.05, 0.1) is 12.0 Å². The Balaban J connectivity index is 2.46. The van der Waals surface area contributed by atoms with E-state index >= 15 is 0 Å². The first-order chi connectivity index (χ1) is 6.81. The SMILES string of the molecule is Fc1cc(CBr)ccc1-n1ccnc1. The van der Waals surface area contributed by atoms with Crippen LogP contribution in [0.3, 0.4) is 0 Å². The maximum atomic E-state index is 13.5. The third-order valence-electron chi connectivity index (χ3n) is 1.95. The van der Waals surface area contributed by atoms with Gasteiger partial charge in [-0.05, 0) is 17.7 Å². The molecule has 2 aromatic rings. The van der Waals surface area contributed by atoms with Gasteiger partial charge < -0.3 is 4.57 Å². The molecular formula is C10H8BrFN2. The lowest BCUT2D eigenvalue weighted by molar-refractivity contribution is 0.617. The van der Waals surface area contributed by atoms with E-state index in [1.54, 1.807) is 29.4 Å². The summed E-state index contributed by atoms with van der Waals surface area (Å²) in [5, 5.41) is 0.661. The first-order valence-corrected chi connectivity index (χ1v) is 5.26. The summed E-state index contributed by atoms with van der Waals surface area (Å²) in [5.41, 5.74) is 1.44. The molecule has 14 heavy (non-hydrogen) atoms. The van der Waals surface area contributed by atoms with Gasteiger partial charge in [-0.15, -0.1) is 0 Å². The third-order valence-corrected chi connectivity index (χ3v) is 2.60. The zero-order chi connectivity index (χ0) is 9.97. The molecule has 72 valence electrons. The highest BCUT2D eigenvalue weighted by Gasteiger charge is 2.04. The molecule has 0 aliphatic heterocycles. The fourth-order valence-electron chi connectivity index (χ4n) is 1.24. The van der Waals surface area contributed by atoms with Crippen molar-refractivity contribution in [2.45, 2.75) is 5.33 Å². The molecule has 0 aliphatic carbocycles. The van der Waals surface area contributed by atoms with Crippen molar-refractivity contribution in [1.29, 1.82) is 0 Å². The Kier molecular flexibility index (Phi) is 2.63. The van der Waals surface area contributed by atoms with Crippen molar-refractivity contribution in [2.24, 2.45) is 0 Å². The summed E-state index contributed by atoms with van der Waals surface area (Å²) in [6.45, 7) is 0.